The molecule has 0 radical (unpaired) electrons. The fraction of sp³-hybridized carbons (Fsp3) is 0.150. The number of fused-ring (bicyclic) bond motifs is 2. The largest absolute Gasteiger partial charge is 0.454 e. The van der Waals surface area contributed by atoms with Crippen molar-refractivity contribution in [2.75, 3.05) is 12.1 Å². The average Bonchev–Trinajstić information content (AvgIpc) is 3.45. The van der Waals surface area contributed by atoms with Gasteiger partial charge in [-0.05, 0) is 36.1 Å². The maximum absolute atomic E-state index is 12.8. The summed E-state index contributed by atoms with van der Waals surface area (Å²) in [6, 6.07) is 11.0. The maximum Gasteiger partial charge on any atom is 0.274 e. The number of nitrogens with zero attached hydrogens (tertiary/aromatic N) is 3. The molecule has 1 aliphatic rings. The summed E-state index contributed by atoms with van der Waals surface area (Å²) >= 11 is 1.62. The van der Waals surface area contributed by atoms with Crippen molar-refractivity contribution in [2.24, 2.45) is 0 Å². The van der Waals surface area contributed by atoms with Crippen LogP contribution in [0.1, 0.15) is 23.1 Å². The Hall–Kier alpha value is -3.39. The van der Waals surface area contributed by atoms with Crippen molar-refractivity contribution in [2.45, 2.75) is 13.3 Å². The van der Waals surface area contributed by atoms with Crippen molar-refractivity contribution < 1.29 is 14.3 Å². The second-order valence-electron chi connectivity index (χ2n) is 6.32. The van der Waals surface area contributed by atoms with Gasteiger partial charge in [0.25, 0.3) is 5.91 Å². The van der Waals surface area contributed by atoms with Gasteiger partial charge in [0.15, 0.2) is 17.1 Å². The lowest BCUT2D eigenvalue weighted by atomic mass is 10.2. The Kier molecular flexibility index (Phi) is 3.98. The summed E-state index contributed by atoms with van der Waals surface area (Å²) in [5.41, 5.74) is 4.43. The molecule has 0 unspecified atom stereocenters. The van der Waals surface area contributed by atoms with E-state index in [9.17, 15) is 4.79 Å². The molecule has 1 aromatic carbocycles. The zero-order chi connectivity index (χ0) is 19.1. The first-order valence-electron chi connectivity index (χ1n) is 8.84. The van der Waals surface area contributed by atoms with E-state index in [0.717, 1.165) is 23.4 Å². The number of aryl methyl sites for hydroxylation is 1. The number of carbonyl (C=O) groups is 1. The average molecular weight is 392 g/mol. The van der Waals surface area contributed by atoms with Gasteiger partial charge in [-0.2, -0.15) is 16.4 Å². The monoisotopic (exact) mass is 392 g/mol. The highest BCUT2D eigenvalue weighted by molar-refractivity contribution is 7.08. The number of carbonyl (C=O) groups excluding carboxylic acids is 1. The molecule has 0 aliphatic carbocycles. The number of ether oxygens (including phenoxy) is 2. The zero-order valence-electron chi connectivity index (χ0n) is 15.0. The van der Waals surface area contributed by atoms with Crippen molar-refractivity contribution in [3.63, 3.8) is 0 Å². The lowest BCUT2D eigenvalue weighted by molar-refractivity contribution is 0.102. The Balaban J connectivity index is 1.48. The van der Waals surface area contributed by atoms with E-state index in [0.29, 0.717) is 28.5 Å². The quantitative estimate of drug-likeness (QED) is 0.568. The molecule has 8 heteroatoms. The van der Waals surface area contributed by atoms with E-state index in [1.54, 1.807) is 40.1 Å². The molecule has 1 N–H and O–H groups in total. The van der Waals surface area contributed by atoms with Crippen LogP contribution in [0, 0.1) is 0 Å². The van der Waals surface area contributed by atoms with E-state index in [1.807, 2.05) is 29.8 Å². The highest BCUT2D eigenvalue weighted by atomic mass is 32.1. The van der Waals surface area contributed by atoms with Crippen LogP contribution in [-0.4, -0.2) is 27.3 Å². The topological polar surface area (TPSA) is 77.8 Å². The molecule has 0 fully saturated rings. The number of anilines is 1. The number of benzene rings is 1. The smallest absolute Gasteiger partial charge is 0.274 e. The highest BCUT2D eigenvalue weighted by Crippen LogP contribution is 2.34. The Morgan fingerprint density at radius 3 is 2.93 bits per heavy atom. The van der Waals surface area contributed by atoms with Crippen LogP contribution in [0.2, 0.25) is 0 Å². The molecule has 4 aromatic rings. The molecule has 3 aromatic heterocycles. The molecule has 7 nitrogen and oxygen atoms in total. The van der Waals surface area contributed by atoms with Crippen LogP contribution in [0.4, 0.5) is 5.69 Å². The van der Waals surface area contributed by atoms with E-state index in [4.69, 9.17) is 9.47 Å². The van der Waals surface area contributed by atoms with Gasteiger partial charge < -0.3 is 14.8 Å². The van der Waals surface area contributed by atoms with Gasteiger partial charge in [-0.15, -0.1) is 0 Å². The Morgan fingerprint density at radius 1 is 1.21 bits per heavy atom. The second kappa shape index (κ2) is 6.65. The summed E-state index contributed by atoms with van der Waals surface area (Å²) in [6.45, 7) is 2.22. The Labute approximate surface area is 164 Å². The number of thiophene rings is 1. The van der Waals surface area contributed by atoms with E-state index in [1.165, 1.54) is 0 Å². The van der Waals surface area contributed by atoms with Crippen molar-refractivity contribution in [3.8, 4) is 22.8 Å². The molecule has 0 spiro atoms. The van der Waals surface area contributed by atoms with Gasteiger partial charge in [0, 0.05) is 34.5 Å². The number of nitrogens with one attached hydrogen (secondary N) is 1. The zero-order valence-corrected chi connectivity index (χ0v) is 15.8. The first-order valence-corrected chi connectivity index (χ1v) is 9.79. The summed E-state index contributed by atoms with van der Waals surface area (Å²) in [5.74, 6) is 1.01. The molecule has 0 atom stereocenters. The predicted molar refractivity (Wildman–Crippen MR) is 106 cm³/mol. The van der Waals surface area contributed by atoms with E-state index >= 15 is 0 Å². The van der Waals surface area contributed by atoms with Crippen LogP contribution in [-0.2, 0) is 6.42 Å². The van der Waals surface area contributed by atoms with Gasteiger partial charge in [0.05, 0.1) is 5.69 Å². The van der Waals surface area contributed by atoms with Crippen LogP contribution in [0.3, 0.4) is 0 Å². The fourth-order valence-corrected chi connectivity index (χ4v) is 3.78. The molecular weight excluding hydrogens is 376 g/mol. The molecule has 140 valence electrons. The minimum Gasteiger partial charge on any atom is -0.454 e. The summed E-state index contributed by atoms with van der Waals surface area (Å²) < 4.78 is 12.5. The summed E-state index contributed by atoms with van der Waals surface area (Å²) in [5, 5.41) is 11.6. The fourth-order valence-electron chi connectivity index (χ4n) is 3.13. The number of rotatable bonds is 4. The lowest BCUT2D eigenvalue weighted by Gasteiger charge is -2.08. The molecule has 5 rings (SSSR count). The first kappa shape index (κ1) is 16.8. The van der Waals surface area contributed by atoms with Gasteiger partial charge in [0.1, 0.15) is 5.69 Å². The molecule has 0 saturated heterocycles. The van der Waals surface area contributed by atoms with Crippen molar-refractivity contribution in [1.29, 1.82) is 0 Å². The van der Waals surface area contributed by atoms with Crippen LogP contribution in [0.5, 0.6) is 11.5 Å². The number of hydrogen-bond donors (Lipinski definition) is 1. The van der Waals surface area contributed by atoms with Crippen LogP contribution in [0.15, 0.2) is 47.2 Å². The molecule has 0 bridgehead atoms. The lowest BCUT2D eigenvalue weighted by Crippen LogP contribution is -2.15. The molecule has 1 amide bonds. The summed E-state index contributed by atoms with van der Waals surface area (Å²) in [4.78, 5) is 17.3. The molecule has 0 saturated carbocycles. The highest BCUT2D eigenvalue weighted by Gasteiger charge is 2.17. The second-order valence-corrected chi connectivity index (χ2v) is 7.10. The van der Waals surface area contributed by atoms with Crippen molar-refractivity contribution in [3.05, 3.63) is 58.5 Å². The molecular formula is C20H16N4O3S. The standard InChI is InChI=1S/C20H16N4O3S/c1-2-14-8-16(20(25)21-13-3-4-17-18(7-13)27-11-26-17)22-19-9-15(23-24(14)19)12-5-6-28-10-12/h3-10H,2,11H2,1H3,(H,21,25). The number of aromatic nitrogens is 3. The van der Waals surface area contributed by atoms with Crippen molar-refractivity contribution in [1.82, 2.24) is 14.6 Å². The van der Waals surface area contributed by atoms with E-state index < -0.39 is 0 Å². The third-order valence-electron chi connectivity index (χ3n) is 4.54. The van der Waals surface area contributed by atoms with Gasteiger partial charge in [-0.3, -0.25) is 4.79 Å². The Bertz CT molecular complexity index is 1180. The van der Waals surface area contributed by atoms with Crippen LogP contribution >= 0.6 is 11.3 Å². The Morgan fingerprint density at radius 2 is 2.11 bits per heavy atom. The molecule has 4 heterocycles. The number of hydrogen-bond acceptors (Lipinski definition) is 6. The first-order chi connectivity index (χ1) is 13.7. The maximum atomic E-state index is 12.8. The summed E-state index contributed by atoms with van der Waals surface area (Å²) in [6.07, 6.45) is 0.730. The van der Waals surface area contributed by atoms with Crippen LogP contribution < -0.4 is 14.8 Å². The normalized spacial score (nSPS) is 12.5. The van der Waals surface area contributed by atoms with E-state index in [-0.39, 0.29) is 12.7 Å². The van der Waals surface area contributed by atoms with E-state index in [2.05, 4.69) is 15.4 Å². The predicted octanol–water partition coefficient (Wildman–Crippen LogP) is 4.00. The molecule has 28 heavy (non-hydrogen) atoms. The van der Waals surface area contributed by atoms with Crippen molar-refractivity contribution >= 4 is 28.6 Å². The third kappa shape index (κ3) is 2.87. The third-order valence-corrected chi connectivity index (χ3v) is 5.23. The SMILES string of the molecule is CCc1cc(C(=O)Nc2ccc3c(c2)OCO3)nc2cc(-c3ccsc3)nn12. The van der Waals surface area contributed by atoms with Gasteiger partial charge >= 0.3 is 0 Å². The number of amides is 1. The summed E-state index contributed by atoms with van der Waals surface area (Å²) in [7, 11) is 0. The van der Waals surface area contributed by atoms with Gasteiger partial charge in [-0.1, -0.05) is 6.92 Å². The van der Waals surface area contributed by atoms with Gasteiger partial charge in [0.2, 0.25) is 6.79 Å². The minimum atomic E-state index is -0.283. The van der Waals surface area contributed by atoms with Crippen LogP contribution in [0.25, 0.3) is 16.9 Å². The van der Waals surface area contributed by atoms with Gasteiger partial charge in [-0.25, -0.2) is 9.50 Å². The molecule has 1 aliphatic heterocycles. The minimum absolute atomic E-state index is 0.193.